The van der Waals surface area contributed by atoms with Crippen molar-refractivity contribution in [2.45, 2.75) is 79.0 Å². The number of nitrogens with zero attached hydrogens (tertiary/aromatic N) is 2. The number of allylic oxidation sites excluding steroid dienone is 1. The summed E-state index contributed by atoms with van der Waals surface area (Å²) in [7, 11) is 0. The molecule has 1 aliphatic rings. The third-order valence-corrected chi connectivity index (χ3v) is 7.02. The maximum Gasteiger partial charge on any atom is 0.309 e. The lowest BCUT2D eigenvalue weighted by Gasteiger charge is -2.32. The minimum absolute atomic E-state index is 0.186. The largest absolute Gasteiger partial charge is 0.485 e. The second kappa shape index (κ2) is 11.3. The highest BCUT2D eigenvalue weighted by atomic mass is 16.5. The summed E-state index contributed by atoms with van der Waals surface area (Å²) in [6.07, 6.45) is 4.90. The summed E-state index contributed by atoms with van der Waals surface area (Å²) in [5, 5.41) is 13.2. The molecular formula is C29H42N4O3. The van der Waals surface area contributed by atoms with E-state index in [4.69, 9.17) is 10.5 Å². The molecule has 7 nitrogen and oxygen atoms in total. The van der Waals surface area contributed by atoms with Gasteiger partial charge in [-0.05, 0) is 89.1 Å². The van der Waals surface area contributed by atoms with E-state index in [0.717, 1.165) is 42.3 Å². The Labute approximate surface area is 215 Å². The van der Waals surface area contributed by atoms with E-state index in [-0.39, 0.29) is 11.5 Å². The Kier molecular flexibility index (Phi) is 8.67. The van der Waals surface area contributed by atoms with Crippen LogP contribution in [0.15, 0.2) is 48.4 Å². The van der Waals surface area contributed by atoms with Crippen molar-refractivity contribution in [2.24, 2.45) is 11.1 Å². The van der Waals surface area contributed by atoms with Crippen LogP contribution in [0.5, 0.6) is 5.75 Å². The molecule has 3 rings (SSSR count). The van der Waals surface area contributed by atoms with Gasteiger partial charge in [-0.15, -0.1) is 0 Å². The first-order chi connectivity index (χ1) is 16.9. The number of carboxylic acids is 1. The molecule has 1 unspecified atom stereocenters. The number of ether oxygens (including phenoxy) is 1. The number of carbonyl (C=O) groups is 1. The van der Waals surface area contributed by atoms with Crippen LogP contribution in [0.3, 0.4) is 0 Å². The number of pyridine rings is 1. The average molecular weight is 495 g/mol. The molecule has 0 saturated carbocycles. The zero-order valence-electron chi connectivity index (χ0n) is 22.6. The van der Waals surface area contributed by atoms with E-state index >= 15 is 0 Å². The van der Waals surface area contributed by atoms with Crippen molar-refractivity contribution in [3.05, 3.63) is 70.8 Å². The van der Waals surface area contributed by atoms with Gasteiger partial charge >= 0.3 is 5.97 Å². The monoisotopic (exact) mass is 494 g/mol. The molecule has 0 aliphatic carbocycles. The molecular weight excluding hydrogens is 452 g/mol. The van der Waals surface area contributed by atoms with E-state index < -0.39 is 11.4 Å². The highest BCUT2D eigenvalue weighted by molar-refractivity contribution is 5.75. The molecule has 1 aromatic carbocycles. The van der Waals surface area contributed by atoms with Gasteiger partial charge in [-0.2, -0.15) is 0 Å². The van der Waals surface area contributed by atoms with Crippen LogP contribution in [0.1, 0.15) is 75.8 Å². The predicted octanol–water partition coefficient (Wildman–Crippen LogP) is 4.95. The van der Waals surface area contributed by atoms with Crippen LogP contribution in [-0.2, 0) is 17.9 Å². The average Bonchev–Trinajstić information content (AvgIpc) is 2.93. The van der Waals surface area contributed by atoms with Gasteiger partial charge in [0, 0.05) is 44.3 Å². The smallest absolute Gasteiger partial charge is 0.309 e. The Morgan fingerprint density at radius 3 is 2.81 bits per heavy atom. The molecule has 1 aliphatic heterocycles. The zero-order chi connectivity index (χ0) is 26.5. The number of aromatic nitrogens is 1. The fraction of sp³-hybridized carbons (Fsp3) is 0.517. The summed E-state index contributed by atoms with van der Waals surface area (Å²) in [5.41, 5.74) is 9.96. The van der Waals surface area contributed by atoms with E-state index in [0.29, 0.717) is 19.4 Å². The summed E-state index contributed by atoms with van der Waals surface area (Å²) in [5.74, 6) is -0.158. The number of hydrogen-bond donors (Lipinski definition) is 3. The van der Waals surface area contributed by atoms with Crippen LogP contribution in [-0.4, -0.2) is 39.7 Å². The first-order valence-corrected chi connectivity index (χ1v) is 12.8. The lowest BCUT2D eigenvalue weighted by molar-refractivity contribution is -0.148. The summed E-state index contributed by atoms with van der Waals surface area (Å²) in [6, 6.07) is 10.3. The molecule has 0 bridgehead atoms. The van der Waals surface area contributed by atoms with E-state index in [2.05, 4.69) is 54.2 Å². The molecule has 0 amide bonds. The molecule has 0 radical (unpaired) electrons. The fourth-order valence-corrected chi connectivity index (χ4v) is 4.91. The number of rotatable bonds is 10. The highest BCUT2D eigenvalue weighted by Gasteiger charge is 2.38. The van der Waals surface area contributed by atoms with Crippen LogP contribution in [0, 0.1) is 12.3 Å². The number of nitrogens with two attached hydrogens (primary N) is 1. The van der Waals surface area contributed by atoms with Gasteiger partial charge in [-0.1, -0.05) is 18.2 Å². The molecule has 196 valence electrons. The Hall–Kier alpha value is -3.06. The van der Waals surface area contributed by atoms with E-state index in [1.54, 1.807) is 20.0 Å². The molecule has 4 N–H and O–H groups in total. The zero-order valence-corrected chi connectivity index (χ0v) is 22.6. The topological polar surface area (TPSA) is 101 Å². The number of nitrogens with one attached hydrogen (secondary N) is 1. The Balaban J connectivity index is 1.90. The molecule has 1 atom stereocenters. The van der Waals surface area contributed by atoms with Crippen molar-refractivity contribution in [2.75, 3.05) is 13.1 Å². The van der Waals surface area contributed by atoms with Gasteiger partial charge in [-0.25, -0.2) is 0 Å². The normalized spacial score (nSPS) is 17.0. The van der Waals surface area contributed by atoms with Gasteiger partial charge in [0.2, 0.25) is 0 Å². The van der Waals surface area contributed by atoms with Gasteiger partial charge in [0.25, 0.3) is 0 Å². The SMILES string of the molecule is CCN/C=C(\N)CCC(c1ccc(C)c(CN2Cc3ncccc3OC(C)(C)C2)c1)C(C)(C)C(=O)O. The lowest BCUT2D eigenvalue weighted by Crippen LogP contribution is -2.40. The number of aliphatic carboxylic acids is 1. The van der Waals surface area contributed by atoms with Gasteiger partial charge < -0.3 is 20.9 Å². The first kappa shape index (κ1) is 27.5. The third-order valence-electron chi connectivity index (χ3n) is 7.02. The minimum atomic E-state index is -0.938. The van der Waals surface area contributed by atoms with Crippen molar-refractivity contribution < 1.29 is 14.6 Å². The van der Waals surface area contributed by atoms with Crippen LogP contribution in [0.4, 0.5) is 0 Å². The third kappa shape index (κ3) is 6.78. The molecule has 2 heterocycles. The molecule has 0 fully saturated rings. The number of fused-ring (bicyclic) bond motifs is 1. The fourth-order valence-electron chi connectivity index (χ4n) is 4.91. The Morgan fingerprint density at radius 2 is 2.11 bits per heavy atom. The van der Waals surface area contributed by atoms with E-state index in [1.165, 1.54) is 11.1 Å². The van der Waals surface area contributed by atoms with Gasteiger partial charge in [0.05, 0.1) is 11.1 Å². The minimum Gasteiger partial charge on any atom is -0.485 e. The Bertz CT molecular complexity index is 1090. The van der Waals surface area contributed by atoms with Crippen LogP contribution in [0.25, 0.3) is 0 Å². The highest BCUT2D eigenvalue weighted by Crippen LogP contribution is 2.40. The first-order valence-electron chi connectivity index (χ1n) is 12.8. The number of carboxylic acid groups (broad SMARTS) is 1. The van der Waals surface area contributed by atoms with Crippen LogP contribution in [0.2, 0.25) is 0 Å². The Morgan fingerprint density at radius 1 is 1.36 bits per heavy atom. The van der Waals surface area contributed by atoms with E-state index in [1.807, 2.05) is 25.3 Å². The van der Waals surface area contributed by atoms with Gasteiger partial charge in [0.1, 0.15) is 11.4 Å². The standard InChI is InChI=1S/C29H42N4O3/c1-7-31-16-23(30)12-13-24(29(5,6)27(34)35)21-11-10-20(2)22(15-21)17-33-18-25-26(9-8-14-32-25)36-28(3,4)19-33/h8-11,14-16,24,31H,7,12-13,17-19,30H2,1-6H3,(H,34,35)/b23-16-. The molecule has 2 aromatic rings. The molecule has 0 spiro atoms. The maximum absolute atomic E-state index is 12.3. The second-order valence-corrected chi connectivity index (χ2v) is 11.0. The quantitative estimate of drug-likeness (QED) is 0.430. The molecule has 7 heteroatoms. The summed E-state index contributed by atoms with van der Waals surface area (Å²) in [6.45, 7) is 14.9. The number of hydrogen-bond acceptors (Lipinski definition) is 6. The van der Waals surface area contributed by atoms with Crippen molar-refractivity contribution in [1.29, 1.82) is 0 Å². The summed E-state index contributed by atoms with van der Waals surface area (Å²) < 4.78 is 6.27. The lowest BCUT2D eigenvalue weighted by atomic mass is 9.72. The maximum atomic E-state index is 12.3. The molecule has 0 saturated heterocycles. The van der Waals surface area contributed by atoms with Crippen LogP contribution < -0.4 is 15.8 Å². The van der Waals surface area contributed by atoms with Crippen molar-refractivity contribution in [3.8, 4) is 5.75 Å². The van der Waals surface area contributed by atoms with Gasteiger partial charge in [-0.3, -0.25) is 14.7 Å². The summed E-state index contributed by atoms with van der Waals surface area (Å²) in [4.78, 5) is 19.2. The second-order valence-electron chi connectivity index (χ2n) is 11.0. The summed E-state index contributed by atoms with van der Waals surface area (Å²) >= 11 is 0. The number of benzene rings is 1. The van der Waals surface area contributed by atoms with Crippen molar-refractivity contribution >= 4 is 5.97 Å². The van der Waals surface area contributed by atoms with Gasteiger partial charge in [0.15, 0.2) is 0 Å². The number of aryl methyl sites for hydroxylation is 1. The molecule has 36 heavy (non-hydrogen) atoms. The predicted molar refractivity (Wildman–Crippen MR) is 144 cm³/mol. The van der Waals surface area contributed by atoms with Crippen LogP contribution >= 0.6 is 0 Å². The van der Waals surface area contributed by atoms with Crippen molar-refractivity contribution in [3.63, 3.8) is 0 Å². The van der Waals surface area contributed by atoms with E-state index in [9.17, 15) is 9.90 Å². The van der Waals surface area contributed by atoms with Crippen molar-refractivity contribution in [1.82, 2.24) is 15.2 Å². The molecule has 1 aromatic heterocycles.